The van der Waals surface area contributed by atoms with E-state index in [0.29, 0.717) is 10.1 Å². The molecule has 0 atom stereocenters. The standard InChI is InChI=1S/C18H17ClFN3OS/c1-10-7-12(8-16-17(24)22(4)18(21-3)25-16)11(2)23(10)13-5-6-15(20)14(19)9-13/h5-9H,1-4H3/b16-8-,21-18?. The molecule has 25 heavy (non-hydrogen) atoms. The maximum Gasteiger partial charge on any atom is 0.266 e. The van der Waals surface area contributed by atoms with Crippen LogP contribution in [0.2, 0.25) is 5.02 Å². The fraction of sp³-hybridized carbons (Fsp3) is 0.222. The molecule has 130 valence electrons. The Labute approximate surface area is 155 Å². The molecule has 2 heterocycles. The Morgan fingerprint density at radius 2 is 2.00 bits per heavy atom. The summed E-state index contributed by atoms with van der Waals surface area (Å²) >= 11 is 7.27. The van der Waals surface area contributed by atoms with E-state index in [1.165, 1.54) is 22.7 Å². The lowest BCUT2D eigenvalue weighted by atomic mass is 10.2. The van der Waals surface area contributed by atoms with Gasteiger partial charge in [-0.05, 0) is 61.5 Å². The van der Waals surface area contributed by atoms with Crippen molar-refractivity contribution in [1.29, 1.82) is 0 Å². The normalized spacial score (nSPS) is 18.0. The van der Waals surface area contributed by atoms with Gasteiger partial charge in [0.1, 0.15) is 5.82 Å². The first-order valence-corrected chi connectivity index (χ1v) is 8.81. The summed E-state index contributed by atoms with van der Waals surface area (Å²) in [6.45, 7) is 3.92. The molecule has 1 saturated heterocycles. The lowest BCUT2D eigenvalue weighted by Crippen LogP contribution is -2.23. The van der Waals surface area contributed by atoms with Gasteiger partial charge in [0.05, 0.1) is 9.93 Å². The molecule has 0 aliphatic carbocycles. The Morgan fingerprint density at radius 3 is 2.60 bits per heavy atom. The first-order chi connectivity index (χ1) is 11.8. The van der Waals surface area contributed by atoms with Crippen LogP contribution < -0.4 is 0 Å². The first-order valence-electron chi connectivity index (χ1n) is 7.62. The molecule has 1 fully saturated rings. The minimum atomic E-state index is -0.447. The van der Waals surface area contributed by atoms with Crippen molar-refractivity contribution in [2.75, 3.05) is 14.1 Å². The molecule has 4 nitrogen and oxygen atoms in total. The van der Waals surface area contributed by atoms with E-state index >= 15 is 0 Å². The Bertz CT molecular complexity index is 933. The summed E-state index contributed by atoms with van der Waals surface area (Å²) in [6, 6.07) is 6.63. The van der Waals surface area contributed by atoms with Crippen LogP contribution in [0.15, 0.2) is 34.2 Å². The van der Waals surface area contributed by atoms with E-state index in [2.05, 4.69) is 4.99 Å². The van der Waals surface area contributed by atoms with Crippen molar-refractivity contribution in [2.45, 2.75) is 13.8 Å². The predicted octanol–water partition coefficient (Wildman–Crippen LogP) is 4.42. The fourth-order valence-electron chi connectivity index (χ4n) is 2.85. The molecule has 1 aliphatic heterocycles. The topological polar surface area (TPSA) is 37.6 Å². The number of hydrogen-bond acceptors (Lipinski definition) is 3. The molecule has 0 N–H and O–H groups in total. The van der Waals surface area contributed by atoms with Gasteiger partial charge in [-0.25, -0.2) is 4.39 Å². The SMILES string of the molecule is CN=C1S/C(=C\c2cc(C)n(-c3ccc(F)c(Cl)c3)c2C)C(=O)N1C. The van der Waals surface area contributed by atoms with Gasteiger partial charge in [0.2, 0.25) is 0 Å². The van der Waals surface area contributed by atoms with E-state index in [0.717, 1.165) is 22.6 Å². The zero-order chi connectivity index (χ0) is 18.3. The molecular weight excluding hydrogens is 361 g/mol. The number of nitrogens with zero attached hydrogens (tertiary/aromatic N) is 3. The summed E-state index contributed by atoms with van der Waals surface area (Å²) in [5, 5.41) is 0.757. The zero-order valence-corrected chi connectivity index (χ0v) is 15.9. The second-order valence-corrected chi connectivity index (χ2v) is 7.16. The number of benzene rings is 1. The highest BCUT2D eigenvalue weighted by atomic mass is 35.5. The van der Waals surface area contributed by atoms with Crippen LogP contribution in [-0.2, 0) is 4.79 Å². The number of rotatable bonds is 2. The van der Waals surface area contributed by atoms with E-state index in [9.17, 15) is 9.18 Å². The van der Waals surface area contributed by atoms with E-state index in [1.807, 2.05) is 30.6 Å². The van der Waals surface area contributed by atoms with Gasteiger partial charge < -0.3 is 4.57 Å². The van der Waals surface area contributed by atoms with E-state index in [1.54, 1.807) is 26.2 Å². The summed E-state index contributed by atoms with van der Waals surface area (Å²) in [5.41, 5.74) is 3.63. The van der Waals surface area contributed by atoms with Crippen molar-refractivity contribution >= 4 is 40.5 Å². The minimum absolute atomic E-state index is 0.0692. The second kappa shape index (κ2) is 6.69. The predicted molar refractivity (Wildman–Crippen MR) is 102 cm³/mol. The molecule has 3 rings (SSSR count). The third-order valence-electron chi connectivity index (χ3n) is 4.11. The fourth-order valence-corrected chi connectivity index (χ4v) is 3.94. The third kappa shape index (κ3) is 3.12. The van der Waals surface area contributed by atoms with Crippen LogP contribution in [0.3, 0.4) is 0 Å². The minimum Gasteiger partial charge on any atom is -0.318 e. The quantitative estimate of drug-likeness (QED) is 0.726. The molecular formula is C18H17ClFN3OS. The lowest BCUT2D eigenvalue weighted by Gasteiger charge is -2.10. The molecule has 0 bridgehead atoms. The molecule has 1 aromatic carbocycles. The Balaban J connectivity index is 2.05. The summed E-state index contributed by atoms with van der Waals surface area (Å²) in [5.74, 6) is -0.516. The number of carbonyl (C=O) groups is 1. The van der Waals surface area contributed by atoms with Crippen molar-refractivity contribution in [3.05, 3.63) is 57.0 Å². The first kappa shape index (κ1) is 17.8. The Kier molecular flexibility index (Phi) is 4.75. The molecule has 2 aromatic rings. The zero-order valence-electron chi connectivity index (χ0n) is 14.3. The van der Waals surface area contributed by atoms with Gasteiger partial charge in [-0.3, -0.25) is 14.7 Å². The van der Waals surface area contributed by atoms with E-state index in [-0.39, 0.29) is 10.9 Å². The van der Waals surface area contributed by atoms with Gasteiger partial charge in [0, 0.05) is 31.2 Å². The van der Waals surface area contributed by atoms with Gasteiger partial charge in [-0.2, -0.15) is 0 Å². The maximum atomic E-state index is 13.4. The summed E-state index contributed by atoms with van der Waals surface area (Å²) < 4.78 is 15.4. The monoisotopic (exact) mass is 377 g/mol. The van der Waals surface area contributed by atoms with Gasteiger partial charge in [-0.1, -0.05) is 11.6 Å². The number of aliphatic imine (C=N–C) groups is 1. The smallest absolute Gasteiger partial charge is 0.266 e. The third-order valence-corrected chi connectivity index (χ3v) is 5.55. The van der Waals surface area contributed by atoms with Gasteiger partial charge in [0.25, 0.3) is 5.91 Å². The van der Waals surface area contributed by atoms with Gasteiger partial charge >= 0.3 is 0 Å². The van der Waals surface area contributed by atoms with Crippen LogP contribution in [0.1, 0.15) is 17.0 Å². The number of carbonyl (C=O) groups excluding carboxylic acids is 1. The highest BCUT2D eigenvalue weighted by Crippen LogP contribution is 2.33. The maximum absolute atomic E-state index is 13.4. The number of halogens is 2. The lowest BCUT2D eigenvalue weighted by molar-refractivity contribution is -0.121. The Hall–Kier alpha value is -2.05. The van der Waals surface area contributed by atoms with Gasteiger partial charge in [0.15, 0.2) is 5.17 Å². The molecule has 7 heteroatoms. The molecule has 1 amide bonds. The average molecular weight is 378 g/mol. The molecule has 0 radical (unpaired) electrons. The van der Waals surface area contributed by atoms with Crippen LogP contribution in [-0.4, -0.2) is 34.6 Å². The molecule has 0 unspecified atom stereocenters. The number of amides is 1. The van der Waals surface area contributed by atoms with Crippen molar-refractivity contribution in [1.82, 2.24) is 9.47 Å². The van der Waals surface area contributed by atoms with Crippen LogP contribution in [0.25, 0.3) is 11.8 Å². The molecule has 0 saturated carbocycles. The van der Waals surface area contributed by atoms with Crippen LogP contribution in [0.5, 0.6) is 0 Å². The number of hydrogen-bond donors (Lipinski definition) is 0. The Morgan fingerprint density at radius 1 is 1.28 bits per heavy atom. The van der Waals surface area contributed by atoms with Crippen molar-refractivity contribution < 1.29 is 9.18 Å². The van der Waals surface area contributed by atoms with Crippen molar-refractivity contribution in [3.63, 3.8) is 0 Å². The highest BCUT2D eigenvalue weighted by Gasteiger charge is 2.30. The van der Waals surface area contributed by atoms with Crippen LogP contribution in [0, 0.1) is 19.7 Å². The summed E-state index contributed by atoms with van der Waals surface area (Å²) in [6.07, 6.45) is 1.87. The van der Waals surface area contributed by atoms with E-state index < -0.39 is 5.82 Å². The average Bonchev–Trinajstić information content (AvgIpc) is 3.01. The van der Waals surface area contributed by atoms with Crippen molar-refractivity contribution in [3.8, 4) is 5.69 Å². The number of likely N-dealkylation sites (N-methyl/N-ethyl adjacent to an activating group) is 1. The summed E-state index contributed by atoms with van der Waals surface area (Å²) in [4.78, 5) is 18.6. The number of aryl methyl sites for hydroxylation is 1. The van der Waals surface area contributed by atoms with Crippen LogP contribution >= 0.6 is 23.4 Å². The number of thioether (sulfide) groups is 1. The summed E-state index contributed by atoms with van der Waals surface area (Å²) in [7, 11) is 3.38. The largest absolute Gasteiger partial charge is 0.318 e. The number of aromatic nitrogens is 1. The molecule has 1 aromatic heterocycles. The molecule has 1 aliphatic rings. The van der Waals surface area contributed by atoms with Crippen LogP contribution in [0.4, 0.5) is 4.39 Å². The van der Waals surface area contributed by atoms with E-state index in [4.69, 9.17) is 11.6 Å². The van der Waals surface area contributed by atoms with Gasteiger partial charge in [-0.15, -0.1) is 0 Å². The molecule has 0 spiro atoms. The van der Waals surface area contributed by atoms with Crippen molar-refractivity contribution in [2.24, 2.45) is 4.99 Å². The number of amidine groups is 1. The second-order valence-electron chi connectivity index (χ2n) is 5.74. The highest BCUT2D eigenvalue weighted by molar-refractivity contribution is 8.18.